The van der Waals surface area contributed by atoms with Crippen molar-refractivity contribution < 1.29 is 32.2 Å². The quantitative estimate of drug-likeness (QED) is 0.269. The molecule has 0 radical (unpaired) electrons. The number of ether oxygens (including phenoxy) is 3. The number of alkyl halides is 3. The van der Waals surface area contributed by atoms with Gasteiger partial charge in [-0.1, -0.05) is 0 Å². The normalized spacial score (nSPS) is 15.2. The lowest BCUT2D eigenvalue weighted by molar-refractivity contribution is -0.274. The van der Waals surface area contributed by atoms with Gasteiger partial charge >= 0.3 is 6.36 Å². The summed E-state index contributed by atoms with van der Waals surface area (Å²) in [6, 6.07) is 13.9. The van der Waals surface area contributed by atoms with Gasteiger partial charge in [-0.2, -0.15) is 0 Å². The van der Waals surface area contributed by atoms with Crippen molar-refractivity contribution in [3.8, 4) is 17.2 Å². The monoisotopic (exact) mass is 517 g/mol. The Morgan fingerprint density at radius 3 is 2.54 bits per heavy atom. The third-order valence-electron chi connectivity index (χ3n) is 5.46. The highest BCUT2D eigenvalue weighted by molar-refractivity contribution is 5.93. The van der Waals surface area contributed by atoms with E-state index in [1.807, 2.05) is 11.9 Å². The summed E-state index contributed by atoms with van der Waals surface area (Å²) in [5.74, 6) is 0.783. The van der Waals surface area contributed by atoms with Gasteiger partial charge in [0, 0.05) is 37.7 Å². The van der Waals surface area contributed by atoms with Crippen LogP contribution in [0.15, 0.2) is 60.8 Å². The first-order chi connectivity index (χ1) is 17.7. The van der Waals surface area contributed by atoms with Crippen LogP contribution in [0.5, 0.6) is 17.2 Å². The molecule has 0 spiro atoms. The Hall–Kier alpha value is -4.19. The highest BCUT2D eigenvalue weighted by Gasteiger charge is 2.31. The summed E-state index contributed by atoms with van der Waals surface area (Å²) in [5, 5.41) is 5.84. The molecule has 0 aliphatic carbocycles. The molecule has 1 saturated heterocycles. The van der Waals surface area contributed by atoms with Gasteiger partial charge in [0.2, 0.25) is 0 Å². The number of nitrogen functional groups attached to an aromatic ring is 1. The highest BCUT2D eigenvalue weighted by atomic mass is 19.4. The van der Waals surface area contributed by atoms with Crippen molar-refractivity contribution in [1.82, 2.24) is 4.98 Å². The Morgan fingerprint density at radius 1 is 1.14 bits per heavy atom. The van der Waals surface area contributed by atoms with Crippen LogP contribution in [0.25, 0.3) is 0 Å². The minimum absolute atomic E-state index is 0.238. The van der Waals surface area contributed by atoms with Gasteiger partial charge in [-0.05, 0) is 55.3 Å². The van der Waals surface area contributed by atoms with E-state index in [0.717, 1.165) is 12.1 Å². The van der Waals surface area contributed by atoms with Gasteiger partial charge in [-0.15, -0.1) is 13.2 Å². The summed E-state index contributed by atoms with van der Waals surface area (Å²) >= 11 is 0. The Labute approximate surface area is 211 Å². The molecule has 1 aliphatic rings. The number of nitrogens with zero attached hydrogens (tertiary/aromatic N) is 2. The smallest absolute Gasteiger partial charge is 0.457 e. The maximum absolute atomic E-state index is 12.3. The fourth-order valence-electron chi connectivity index (χ4n) is 3.68. The van der Waals surface area contributed by atoms with E-state index in [1.54, 1.807) is 30.3 Å². The summed E-state index contributed by atoms with van der Waals surface area (Å²) in [6.07, 6.45) is -2.14. The summed E-state index contributed by atoms with van der Waals surface area (Å²) in [7, 11) is 1.81. The molecule has 1 fully saturated rings. The molecule has 9 nitrogen and oxygen atoms in total. The van der Waals surface area contributed by atoms with Crippen molar-refractivity contribution in [2.24, 2.45) is 0 Å². The molecule has 4 rings (SSSR count). The number of carbonyl (C=O) groups is 1. The predicted molar refractivity (Wildman–Crippen MR) is 133 cm³/mol. The molecule has 2 aromatic carbocycles. The molecule has 1 atom stereocenters. The van der Waals surface area contributed by atoms with Crippen LogP contribution in [0.1, 0.15) is 12.8 Å². The Morgan fingerprint density at radius 2 is 1.86 bits per heavy atom. The molecule has 0 bridgehead atoms. The number of nitrogens with one attached hydrogen (secondary N) is 2. The number of amides is 1. The number of aromatic nitrogens is 1. The van der Waals surface area contributed by atoms with Gasteiger partial charge in [0.25, 0.3) is 5.91 Å². The number of hydrogen-bond donors (Lipinski definition) is 3. The van der Waals surface area contributed by atoms with Crippen molar-refractivity contribution in [1.29, 1.82) is 0 Å². The van der Waals surface area contributed by atoms with Crippen LogP contribution in [-0.4, -0.2) is 43.7 Å². The molecular weight excluding hydrogens is 491 g/mol. The Kier molecular flexibility index (Phi) is 7.87. The van der Waals surface area contributed by atoms with Crippen LogP contribution in [0.3, 0.4) is 0 Å². The first-order valence-electron chi connectivity index (χ1n) is 11.4. The number of benzene rings is 2. The molecule has 1 unspecified atom stereocenters. The molecule has 196 valence electrons. The standard InChI is InChI=1S/C25H26F3N5O4/c1-33(15-31-16-4-6-17(7-5-16)37-25(26,27)28)21-9-8-18(13-20(21)29)36-19-10-11-30-23(14-19)32-24(34)22-3-2-12-35-22/h4-11,13-14,22,31H,2-3,12,15,29H2,1H3,(H,30,32,34). The summed E-state index contributed by atoms with van der Waals surface area (Å²) < 4.78 is 52.0. The third kappa shape index (κ3) is 7.40. The van der Waals surface area contributed by atoms with E-state index in [-0.39, 0.29) is 11.7 Å². The lowest BCUT2D eigenvalue weighted by Crippen LogP contribution is -2.27. The maximum atomic E-state index is 12.3. The van der Waals surface area contributed by atoms with Crippen LogP contribution in [0, 0.1) is 0 Å². The Balaban J connectivity index is 1.32. The van der Waals surface area contributed by atoms with E-state index in [1.165, 1.54) is 30.5 Å². The SMILES string of the molecule is CN(CNc1ccc(OC(F)(F)F)cc1)c1ccc(Oc2ccnc(NC(=O)C3CCCO3)c2)cc1N. The molecule has 1 aliphatic heterocycles. The van der Waals surface area contributed by atoms with Crippen LogP contribution < -0.4 is 30.7 Å². The number of nitrogens with two attached hydrogens (primary N) is 1. The molecule has 3 aromatic rings. The maximum Gasteiger partial charge on any atom is 0.573 e. The van der Waals surface area contributed by atoms with Crippen LogP contribution in [0.4, 0.5) is 36.1 Å². The average molecular weight is 518 g/mol. The minimum atomic E-state index is -4.73. The number of anilines is 4. The summed E-state index contributed by atoms with van der Waals surface area (Å²) in [5.41, 5.74) is 8.02. The summed E-state index contributed by atoms with van der Waals surface area (Å²) in [6.45, 7) is 0.910. The van der Waals surface area contributed by atoms with Crippen LogP contribution in [-0.2, 0) is 9.53 Å². The minimum Gasteiger partial charge on any atom is -0.457 e. The average Bonchev–Trinajstić information content (AvgIpc) is 3.38. The van der Waals surface area contributed by atoms with Gasteiger partial charge in [-0.3, -0.25) is 4.79 Å². The van der Waals surface area contributed by atoms with Crippen molar-refractivity contribution in [3.05, 3.63) is 60.8 Å². The first kappa shape index (κ1) is 25.9. The zero-order valence-electron chi connectivity index (χ0n) is 19.9. The lowest BCUT2D eigenvalue weighted by atomic mass is 10.2. The summed E-state index contributed by atoms with van der Waals surface area (Å²) in [4.78, 5) is 18.2. The van der Waals surface area contributed by atoms with Gasteiger partial charge in [0.15, 0.2) is 0 Å². The lowest BCUT2D eigenvalue weighted by Gasteiger charge is -2.22. The van der Waals surface area contributed by atoms with E-state index < -0.39 is 12.5 Å². The molecule has 1 amide bonds. The molecule has 12 heteroatoms. The number of pyridine rings is 1. The van der Waals surface area contributed by atoms with E-state index in [9.17, 15) is 18.0 Å². The second kappa shape index (κ2) is 11.2. The second-order valence-corrected chi connectivity index (χ2v) is 8.30. The fourth-order valence-corrected chi connectivity index (χ4v) is 3.68. The molecule has 37 heavy (non-hydrogen) atoms. The van der Waals surface area contributed by atoms with E-state index in [4.69, 9.17) is 15.2 Å². The van der Waals surface area contributed by atoms with E-state index in [0.29, 0.717) is 48.4 Å². The molecule has 0 saturated carbocycles. The molecule has 2 heterocycles. The van der Waals surface area contributed by atoms with Gasteiger partial charge in [0.05, 0.1) is 18.0 Å². The van der Waals surface area contributed by atoms with Gasteiger partial charge < -0.3 is 35.5 Å². The van der Waals surface area contributed by atoms with Crippen LogP contribution >= 0.6 is 0 Å². The number of halogens is 3. The zero-order chi connectivity index (χ0) is 26.4. The largest absolute Gasteiger partial charge is 0.573 e. The number of rotatable bonds is 9. The topological polar surface area (TPSA) is 111 Å². The molecule has 4 N–H and O–H groups in total. The zero-order valence-corrected chi connectivity index (χ0v) is 19.9. The van der Waals surface area contributed by atoms with E-state index in [2.05, 4.69) is 20.4 Å². The van der Waals surface area contributed by atoms with Crippen molar-refractivity contribution >= 4 is 28.8 Å². The predicted octanol–water partition coefficient (Wildman–Crippen LogP) is 4.98. The number of carbonyl (C=O) groups excluding carboxylic acids is 1. The Bertz CT molecular complexity index is 1220. The van der Waals surface area contributed by atoms with Gasteiger partial charge in [-0.25, -0.2) is 4.98 Å². The highest BCUT2D eigenvalue weighted by Crippen LogP contribution is 2.31. The van der Waals surface area contributed by atoms with Crippen molar-refractivity contribution in [2.75, 3.05) is 41.6 Å². The van der Waals surface area contributed by atoms with Crippen LogP contribution in [0.2, 0.25) is 0 Å². The molecular formula is C25H26F3N5O4. The van der Waals surface area contributed by atoms with E-state index >= 15 is 0 Å². The van der Waals surface area contributed by atoms with Crippen molar-refractivity contribution in [2.45, 2.75) is 25.3 Å². The first-order valence-corrected chi connectivity index (χ1v) is 11.4. The fraction of sp³-hybridized carbons (Fsp3) is 0.280. The number of hydrogen-bond acceptors (Lipinski definition) is 8. The van der Waals surface area contributed by atoms with Gasteiger partial charge in [0.1, 0.15) is 29.2 Å². The molecule has 1 aromatic heterocycles. The van der Waals surface area contributed by atoms with Crippen molar-refractivity contribution in [3.63, 3.8) is 0 Å². The third-order valence-corrected chi connectivity index (χ3v) is 5.46. The second-order valence-electron chi connectivity index (χ2n) is 8.30.